The summed E-state index contributed by atoms with van der Waals surface area (Å²) in [5, 5.41) is 15.2. The summed E-state index contributed by atoms with van der Waals surface area (Å²) in [6, 6.07) is 13.4. The molecule has 134 valence electrons. The first-order valence-electron chi connectivity index (χ1n) is 7.69. The van der Waals surface area contributed by atoms with Crippen LogP contribution in [0.15, 0.2) is 47.6 Å². The third kappa shape index (κ3) is 4.33. The first-order valence-corrected chi connectivity index (χ1v) is 9.75. The molecule has 0 atom stereocenters. The topological polar surface area (TPSA) is 81.9 Å². The lowest BCUT2D eigenvalue weighted by atomic mass is 10.2. The predicted molar refractivity (Wildman–Crippen MR) is 109 cm³/mol. The number of carbonyl (C=O) groups excluding carboxylic acids is 1. The van der Waals surface area contributed by atoms with Crippen molar-refractivity contribution in [1.82, 2.24) is 20.2 Å². The summed E-state index contributed by atoms with van der Waals surface area (Å²) in [4.78, 5) is 12.2. The molecule has 0 fully saturated rings. The third-order valence-corrected chi connectivity index (χ3v) is 5.34. The van der Waals surface area contributed by atoms with Crippen LogP contribution >= 0.6 is 34.4 Å². The molecule has 0 aliphatic heterocycles. The van der Waals surface area contributed by atoms with Crippen molar-refractivity contribution in [2.75, 3.05) is 18.2 Å². The molecule has 1 heterocycles. The summed E-state index contributed by atoms with van der Waals surface area (Å²) in [5.74, 6) is 0.734. The molecule has 0 aliphatic carbocycles. The van der Waals surface area contributed by atoms with Crippen molar-refractivity contribution in [3.63, 3.8) is 0 Å². The number of anilines is 1. The summed E-state index contributed by atoms with van der Waals surface area (Å²) in [6.45, 7) is 1.98. The molecule has 0 aliphatic rings. The molecule has 0 spiro atoms. The molecular weight excluding hydrogens is 465 g/mol. The van der Waals surface area contributed by atoms with E-state index in [2.05, 4.69) is 43.4 Å². The highest BCUT2D eigenvalue weighted by Crippen LogP contribution is 2.27. The highest BCUT2D eigenvalue weighted by molar-refractivity contribution is 14.1. The van der Waals surface area contributed by atoms with E-state index < -0.39 is 0 Å². The van der Waals surface area contributed by atoms with E-state index in [1.807, 2.05) is 49.4 Å². The number of para-hydroxylation sites is 1. The van der Waals surface area contributed by atoms with Gasteiger partial charge in [0.2, 0.25) is 11.1 Å². The van der Waals surface area contributed by atoms with Crippen LogP contribution < -0.4 is 10.1 Å². The van der Waals surface area contributed by atoms with Gasteiger partial charge < -0.3 is 10.1 Å². The van der Waals surface area contributed by atoms with Crippen LogP contribution in [0.5, 0.6) is 5.75 Å². The fourth-order valence-corrected chi connectivity index (χ4v) is 3.47. The van der Waals surface area contributed by atoms with Gasteiger partial charge in [-0.15, -0.1) is 5.10 Å². The Morgan fingerprint density at radius 3 is 2.88 bits per heavy atom. The Morgan fingerprint density at radius 2 is 2.12 bits per heavy atom. The SMILES string of the molecule is COc1ccc(C)cc1-n1nnnc1SCC(=O)Nc1ccccc1I. The second kappa shape index (κ2) is 8.49. The number of nitrogens with zero attached hydrogens (tertiary/aromatic N) is 4. The Morgan fingerprint density at radius 1 is 1.31 bits per heavy atom. The minimum absolute atomic E-state index is 0.120. The van der Waals surface area contributed by atoms with E-state index in [0.717, 1.165) is 20.5 Å². The van der Waals surface area contributed by atoms with E-state index in [-0.39, 0.29) is 11.7 Å². The lowest BCUT2D eigenvalue weighted by Gasteiger charge is -2.10. The highest BCUT2D eigenvalue weighted by atomic mass is 127. The van der Waals surface area contributed by atoms with Crippen LogP contribution in [0, 0.1) is 10.5 Å². The van der Waals surface area contributed by atoms with Crippen molar-refractivity contribution in [3.05, 3.63) is 51.6 Å². The van der Waals surface area contributed by atoms with Crippen LogP contribution in [0.25, 0.3) is 5.69 Å². The number of aryl methyl sites for hydroxylation is 1. The molecule has 0 saturated heterocycles. The number of amides is 1. The van der Waals surface area contributed by atoms with E-state index >= 15 is 0 Å². The first kappa shape index (κ1) is 18.6. The highest BCUT2D eigenvalue weighted by Gasteiger charge is 2.15. The van der Waals surface area contributed by atoms with Gasteiger partial charge in [-0.2, -0.15) is 4.68 Å². The number of halogens is 1. The van der Waals surface area contributed by atoms with Gasteiger partial charge in [-0.1, -0.05) is 30.0 Å². The van der Waals surface area contributed by atoms with Gasteiger partial charge in [0.1, 0.15) is 11.4 Å². The summed E-state index contributed by atoms with van der Waals surface area (Å²) < 4.78 is 7.95. The van der Waals surface area contributed by atoms with E-state index in [9.17, 15) is 4.79 Å². The minimum Gasteiger partial charge on any atom is -0.494 e. The molecule has 0 bridgehead atoms. The molecule has 0 unspecified atom stereocenters. The van der Waals surface area contributed by atoms with Gasteiger partial charge in [0.05, 0.1) is 18.6 Å². The Balaban J connectivity index is 1.73. The molecular formula is C17H16IN5O2S. The number of thioether (sulfide) groups is 1. The number of ether oxygens (including phenoxy) is 1. The lowest BCUT2D eigenvalue weighted by Crippen LogP contribution is -2.15. The van der Waals surface area contributed by atoms with Crippen molar-refractivity contribution in [3.8, 4) is 11.4 Å². The van der Waals surface area contributed by atoms with Gasteiger partial charge in [-0.05, 0) is 69.8 Å². The minimum atomic E-state index is -0.120. The molecule has 2 aromatic carbocycles. The van der Waals surface area contributed by atoms with Gasteiger partial charge >= 0.3 is 0 Å². The molecule has 3 aromatic rings. The van der Waals surface area contributed by atoms with Gasteiger partial charge in [-0.25, -0.2) is 0 Å². The van der Waals surface area contributed by atoms with Crippen molar-refractivity contribution in [2.45, 2.75) is 12.1 Å². The van der Waals surface area contributed by atoms with Gasteiger partial charge in [-0.3, -0.25) is 4.79 Å². The summed E-state index contributed by atoms with van der Waals surface area (Å²) in [5.41, 5.74) is 2.58. The second-order valence-corrected chi connectivity index (χ2v) is 7.47. The van der Waals surface area contributed by atoms with Crippen molar-refractivity contribution in [1.29, 1.82) is 0 Å². The zero-order chi connectivity index (χ0) is 18.5. The molecule has 0 saturated carbocycles. The Bertz CT molecular complexity index is 931. The second-order valence-electron chi connectivity index (χ2n) is 5.37. The molecule has 7 nitrogen and oxygen atoms in total. The number of rotatable bonds is 6. The summed E-state index contributed by atoms with van der Waals surface area (Å²) >= 11 is 3.45. The molecule has 1 amide bonds. The maximum absolute atomic E-state index is 12.2. The quantitative estimate of drug-likeness (QED) is 0.430. The normalized spacial score (nSPS) is 10.6. The monoisotopic (exact) mass is 481 g/mol. The summed E-state index contributed by atoms with van der Waals surface area (Å²) in [7, 11) is 1.60. The average molecular weight is 481 g/mol. The third-order valence-electron chi connectivity index (χ3n) is 3.48. The van der Waals surface area contributed by atoms with Crippen molar-refractivity contribution in [2.24, 2.45) is 0 Å². The average Bonchev–Trinajstić information content (AvgIpc) is 3.10. The Labute approximate surface area is 168 Å². The maximum atomic E-state index is 12.2. The van der Waals surface area contributed by atoms with Crippen LogP contribution in [0.2, 0.25) is 0 Å². The van der Waals surface area contributed by atoms with Crippen LogP contribution in [0.4, 0.5) is 5.69 Å². The van der Waals surface area contributed by atoms with Gasteiger partial charge in [0.15, 0.2) is 0 Å². The zero-order valence-corrected chi connectivity index (χ0v) is 17.1. The van der Waals surface area contributed by atoms with E-state index in [1.54, 1.807) is 11.8 Å². The van der Waals surface area contributed by atoms with E-state index in [0.29, 0.717) is 10.9 Å². The standard InChI is InChI=1S/C17H16IN5O2S/c1-11-7-8-15(25-2)14(9-11)23-17(20-21-22-23)26-10-16(24)19-13-6-4-3-5-12(13)18/h3-9H,10H2,1-2H3,(H,19,24). The molecule has 1 aromatic heterocycles. The lowest BCUT2D eigenvalue weighted by molar-refractivity contribution is -0.113. The number of methoxy groups -OCH3 is 1. The predicted octanol–water partition coefficient (Wildman–Crippen LogP) is 3.31. The molecule has 3 rings (SSSR count). The molecule has 0 radical (unpaired) electrons. The fraction of sp³-hybridized carbons (Fsp3) is 0.176. The number of hydrogen-bond donors (Lipinski definition) is 1. The number of tetrazole rings is 1. The van der Waals surface area contributed by atoms with E-state index in [1.165, 1.54) is 11.8 Å². The largest absolute Gasteiger partial charge is 0.494 e. The van der Waals surface area contributed by atoms with Gasteiger partial charge in [0, 0.05) is 3.57 Å². The van der Waals surface area contributed by atoms with Crippen molar-refractivity contribution < 1.29 is 9.53 Å². The van der Waals surface area contributed by atoms with Crippen LogP contribution in [-0.2, 0) is 4.79 Å². The number of benzene rings is 2. The van der Waals surface area contributed by atoms with Gasteiger partial charge in [0.25, 0.3) is 0 Å². The van der Waals surface area contributed by atoms with Crippen molar-refractivity contribution >= 4 is 45.9 Å². The van der Waals surface area contributed by atoms with Crippen LogP contribution in [0.1, 0.15) is 5.56 Å². The van der Waals surface area contributed by atoms with E-state index in [4.69, 9.17) is 4.74 Å². The fourth-order valence-electron chi connectivity index (χ4n) is 2.26. The zero-order valence-electron chi connectivity index (χ0n) is 14.1. The molecule has 26 heavy (non-hydrogen) atoms. The Kier molecular flexibility index (Phi) is 6.09. The maximum Gasteiger partial charge on any atom is 0.234 e. The number of nitrogens with one attached hydrogen (secondary N) is 1. The van der Waals surface area contributed by atoms with Crippen LogP contribution in [-0.4, -0.2) is 39.0 Å². The number of hydrogen-bond acceptors (Lipinski definition) is 6. The Hall–Kier alpha value is -2.14. The van der Waals surface area contributed by atoms with Crippen LogP contribution in [0.3, 0.4) is 0 Å². The smallest absolute Gasteiger partial charge is 0.234 e. The first-order chi connectivity index (χ1) is 12.6. The summed E-state index contributed by atoms with van der Waals surface area (Å²) in [6.07, 6.45) is 0. The molecule has 9 heteroatoms. The number of carbonyl (C=O) groups is 1. The molecule has 1 N–H and O–H groups in total. The number of aromatic nitrogens is 4.